The second kappa shape index (κ2) is 4.89. The first-order chi connectivity index (χ1) is 9.95. The summed E-state index contributed by atoms with van der Waals surface area (Å²) in [5, 5.41) is 0.996. The SMILES string of the molecule is Cc1cc(F)ccc1S(=O)(=O)Nc1ccc2cc[nH]c2c1. The Morgan fingerprint density at radius 2 is 1.90 bits per heavy atom. The van der Waals surface area contributed by atoms with Gasteiger partial charge in [-0.3, -0.25) is 4.72 Å². The van der Waals surface area contributed by atoms with Gasteiger partial charge in [0.2, 0.25) is 0 Å². The van der Waals surface area contributed by atoms with Crippen molar-refractivity contribution in [3.05, 3.63) is 60.0 Å². The third-order valence-electron chi connectivity index (χ3n) is 3.23. The molecule has 0 amide bonds. The molecule has 0 saturated heterocycles. The van der Waals surface area contributed by atoms with Crippen LogP contribution in [0, 0.1) is 12.7 Å². The number of hydrogen-bond donors (Lipinski definition) is 2. The second-order valence-electron chi connectivity index (χ2n) is 4.80. The van der Waals surface area contributed by atoms with E-state index in [9.17, 15) is 12.8 Å². The highest BCUT2D eigenvalue weighted by Crippen LogP contribution is 2.22. The minimum atomic E-state index is -3.74. The van der Waals surface area contributed by atoms with Gasteiger partial charge in [0.25, 0.3) is 10.0 Å². The summed E-state index contributed by atoms with van der Waals surface area (Å²) in [5.41, 5.74) is 1.66. The minimum Gasteiger partial charge on any atom is -0.361 e. The van der Waals surface area contributed by atoms with E-state index >= 15 is 0 Å². The molecule has 2 aromatic carbocycles. The zero-order valence-corrected chi connectivity index (χ0v) is 12.0. The zero-order valence-electron chi connectivity index (χ0n) is 11.2. The number of sulfonamides is 1. The quantitative estimate of drug-likeness (QED) is 0.779. The van der Waals surface area contributed by atoms with Gasteiger partial charge >= 0.3 is 0 Å². The third kappa shape index (κ3) is 2.62. The van der Waals surface area contributed by atoms with Crippen LogP contribution in [0.5, 0.6) is 0 Å². The number of H-pyrrole nitrogens is 1. The first-order valence-electron chi connectivity index (χ1n) is 6.32. The predicted molar refractivity (Wildman–Crippen MR) is 80.2 cm³/mol. The highest BCUT2D eigenvalue weighted by molar-refractivity contribution is 7.92. The van der Waals surface area contributed by atoms with Gasteiger partial charge in [0.05, 0.1) is 10.6 Å². The van der Waals surface area contributed by atoms with Crippen molar-refractivity contribution in [2.75, 3.05) is 4.72 Å². The smallest absolute Gasteiger partial charge is 0.262 e. The molecule has 0 bridgehead atoms. The highest BCUT2D eigenvalue weighted by atomic mass is 32.2. The Bertz CT molecular complexity index is 916. The van der Waals surface area contributed by atoms with Crippen LogP contribution < -0.4 is 4.72 Å². The fraction of sp³-hybridized carbons (Fsp3) is 0.0667. The largest absolute Gasteiger partial charge is 0.361 e. The van der Waals surface area contributed by atoms with Crippen LogP contribution in [-0.4, -0.2) is 13.4 Å². The molecule has 108 valence electrons. The van der Waals surface area contributed by atoms with Gasteiger partial charge in [-0.15, -0.1) is 0 Å². The number of aromatic nitrogens is 1. The van der Waals surface area contributed by atoms with Gasteiger partial charge in [0.15, 0.2) is 0 Å². The normalized spacial score (nSPS) is 11.7. The van der Waals surface area contributed by atoms with Crippen LogP contribution in [0.1, 0.15) is 5.56 Å². The van der Waals surface area contributed by atoms with E-state index in [1.807, 2.05) is 12.1 Å². The number of halogens is 1. The van der Waals surface area contributed by atoms with E-state index in [2.05, 4.69) is 9.71 Å². The molecule has 0 spiro atoms. The number of hydrogen-bond acceptors (Lipinski definition) is 2. The van der Waals surface area contributed by atoms with Crippen LogP contribution in [0.15, 0.2) is 53.6 Å². The molecule has 3 rings (SSSR count). The van der Waals surface area contributed by atoms with Crippen molar-refractivity contribution in [3.63, 3.8) is 0 Å². The fourth-order valence-corrected chi connectivity index (χ4v) is 3.51. The van der Waals surface area contributed by atoms with E-state index in [-0.39, 0.29) is 4.90 Å². The first-order valence-corrected chi connectivity index (χ1v) is 7.80. The molecule has 3 aromatic rings. The van der Waals surface area contributed by atoms with Crippen LogP contribution in [0.4, 0.5) is 10.1 Å². The topological polar surface area (TPSA) is 62.0 Å². The van der Waals surface area contributed by atoms with Crippen LogP contribution in [0.2, 0.25) is 0 Å². The molecule has 4 nitrogen and oxygen atoms in total. The van der Waals surface area contributed by atoms with Crippen LogP contribution in [0.3, 0.4) is 0 Å². The molecule has 0 radical (unpaired) electrons. The fourth-order valence-electron chi connectivity index (χ4n) is 2.24. The van der Waals surface area contributed by atoms with E-state index in [0.29, 0.717) is 11.3 Å². The Morgan fingerprint density at radius 3 is 2.67 bits per heavy atom. The van der Waals surface area contributed by atoms with Gasteiger partial charge in [0, 0.05) is 11.7 Å². The Kier molecular flexibility index (Phi) is 3.17. The van der Waals surface area contributed by atoms with Crippen molar-refractivity contribution >= 4 is 26.6 Å². The first kappa shape index (κ1) is 13.6. The standard InChI is InChI=1S/C15H13FN2O2S/c1-10-8-12(16)3-5-15(10)21(19,20)18-13-4-2-11-6-7-17-14(11)9-13/h2-9,17-18H,1H3. The molecule has 2 N–H and O–H groups in total. The van der Waals surface area contributed by atoms with Gasteiger partial charge in [-0.1, -0.05) is 6.07 Å². The molecule has 1 heterocycles. The van der Waals surface area contributed by atoms with E-state index in [0.717, 1.165) is 17.0 Å². The molecule has 0 aliphatic heterocycles. The summed E-state index contributed by atoms with van der Waals surface area (Å²) < 4.78 is 40.3. The lowest BCUT2D eigenvalue weighted by Crippen LogP contribution is -2.14. The van der Waals surface area contributed by atoms with Crippen molar-refractivity contribution in [1.29, 1.82) is 0 Å². The molecule has 0 aliphatic carbocycles. The van der Waals surface area contributed by atoms with Crippen molar-refractivity contribution < 1.29 is 12.8 Å². The van der Waals surface area contributed by atoms with E-state index in [1.165, 1.54) is 12.1 Å². The summed E-state index contributed by atoms with van der Waals surface area (Å²) in [7, 11) is -3.74. The summed E-state index contributed by atoms with van der Waals surface area (Å²) in [4.78, 5) is 3.09. The van der Waals surface area contributed by atoms with E-state index < -0.39 is 15.8 Å². The van der Waals surface area contributed by atoms with Crippen molar-refractivity contribution in [3.8, 4) is 0 Å². The van der Waals surface area contributed by atoms with E-state index in [4.69, 9.17) is 0 Å². The van der Waals surface area contributed by atoms with Gasteiger partial charge in [-0.05, 0) is 54.3 Å². The monoisotopic (exact) mass is 304 g/mol. The van der Waals surface area contributed by atoms with Crippen molar-refractivity contribution in [2.45, 2.75) is 11.8 Å². The lowest BCUT2D eigenvalue weighted by atomic mass is 10.2. The minimum absolute atomic E-state index is 0.0653. The van der Waals surface area contributed by atoms with Gasteiger partial charge in [-0.2, -0.15) is 0 Å². The van der Waals surface area contributed by atoms with Gasteiger partial charge < -0.3 is 4.98 Å². The molecule has 0 atom stereocenters. The summed E-state index contributed by atoms with van der Waals surface area (Å²) in [6.45, 7) is 1.56. The third-order valence-corrected chi connectivity index (χ3v) is 4.78. The number of fused-ring (bicyclic) bond motifs is 1. The summed E-state index contributed by atoms with van der Waals surface area (Å²) >= 11 is 0. The average Bonchev–Trinajstić information content (AvgIpc) is 2.85. The lowest BCUT2D eigenvalue weighted by Gasteiger charge is -2.10. The van der Waals surface area contributed by atoms with Crippen LogP contribution >= 0.6 is 0 Å². The maximum absolute atomic E-state index is 13.1. The average molecular weight is 304 g/mol. The van der Waals surface area contributed by atoms with Crippen LogP contribution in [-0.2, 0) is 10.0 Å². The molecule has 1 aromatic heterocycles. The molecule has 0 unspecified atom stereocenters. The zero-order chi connectivity index (χ0) is 15.0. The molecular weight excluding hydrogens is 291 g/mol. The molecule has 0 saturated carbocycles. The van der Waals surface area contributed by atoms with E-state index in [1.54, 1.807) is 25.3 Å². The molecule has 0 aliphatic rings. The molecule has 0 fully saturated rings. The maximum atomic E-state index is 13.1. The summed E-state index contributed by atoms with van der Waals surface area (Å²) in [5.74, 6) is -0.459. The maximum Gasteiger partial charge on any atom is 0.262 e. The second-order valence-corrected chi connectivity index (χ2v) is 6.45. The number of nitrogens with one attached hydrogen (secondary N) is 2. The molecule has 6 heteroatoms. The number of benzene rings is 2. The predicted octanol–water partition coefficient (Wildman–Crippen LogP) is 3.42. The van der Waals surface area contributed by atoms with Gasteiger partial charge in [-0.25, -0.2) is 12.8 Å². The Balaban J connectivity index is 1.98. The number of aromatic amines is 1. The Morgan fingerprint density at radius 1 is 1.10 bits per heavy atom. The Hall–Kier alpha value is -2.34. The Labute approximate surface area is 121 Å². The highest BCUT2D eigenvalue weighted by Gasteiger charge is 2.17. The number of anilines is 1. The van der Waals surface area contributed by atoms with Crippen LogP contribution in [0.25, 0.3) is 10.9 Å². The van der Waals surface area contributed by atoms with Crippen molar-refractivity contribution in [2.24, 2.45) is 0 Å². The van der Waals surface area contributed by atoms with Crippen molar-refractivity contribution in [1.82, 2.24) is 4.98 Å². The summed E-state index contributed by atoms with van der Waals surface area (Å²) in [6.07, 6.45) is 1.78. The molecular formula is C15H13FN2O2S. The summed E-state index contributed by atoms with van der Waals surface area (Å²) in [6, 6.07) is 10.7. The number of rotatable bonds is 3. The number of aryl methyl sites for hydroxylation is 1. The molecule has 21 heavy (non-hydrogen) atoms. The van der Waals surface area contributed by atoms with Gasteiger partial charge in [0.1, 0.15) is 5.82 Å². The lowest BCUT2D eigenvalue weighted by molar-refractivity contribution is 0.598.